The van der Waals surface area contributed by atoms with E-state index in [1.54, 1.807) is 12.1 Å². The van der Waals surface area contributed by atoms with Gasteiger partial charge in [0.25, 0.3) is 5.91 Å². The minimum Gasteiger partial charge on any atom is -0.357 e. The first-order valence-electron chi connectivity index (χ1n) is 7.68. The minimum atomic E-state index is -0.0784. The molecule has 128 valence electrons. The highest BCUT2D eigenvalue weighted by Gasteiger charge is 2.33. The Labute approximate surface area is 163 Å². The van der Waals surface area contributed by atoms with Gasteiger partial charge in [0.2, 0.25) is 0 Å². The molecule has 7 heteroatoms. The predicted octanol–water partition coefficient (Wildman–Crippen LogP) is 2.76. The number of amides is 1. The second kappa shape index (κ2) is 10.1. The lowest BCUT2D eigenvalue weighted by Gasteiger charge is -2.11. The van der Waals surface area contributed by atoms with Gasteiger partial charge in [0.15, 0.2) is 5.96 Å². The second-order valence-corrected chi connectivity index (χ2v) is 6.41. The van der Waals surface area contributed by atoms with Crippen molar-refractivity contribution >= 4 is 51.8 Å². The maximum atomic E-state index is 12.0. The highest BCUT2D eigenvalue weighted by Crippen LogP contribution is 2.28. The van der Waals surface area contributed by atoms with E-state index in [9.17, 15) is 4.79 Å². The largest absolute Gasteiger partial charge is 0.357 e. The first-order chi connectivity index (χ1) is 10.6. The summed E-state index contributed by atoms with van der Waals surface area (Å²) in [5, 5.41) is 9.49. The maximum Gasteiger partial charge on any atom is 0.251 e. The maximum absolute atomic E-state index is 12.0. The van der Waals surface area contributed by atoms with Crippen molar-refractivity contribution in [1.82, 2.24) is 16.0 Å². The molecule has 0 saturated heterocycles. The van der Waals surface area contributed by atoms with Crippen molar-refractivity contribution in [3.05, 3.63) is 34.3 Å². The molecule has 23 heavy (non-hydrogen) atoms. The molecule has 1 aromatic rings. The molecule has 2 atom stereocenters. The quantitative estimate of drug-likeness (QED) is 0.246. The van der Waals surface area contributed by atoms with Gasteiger partial charge in [-0.25, -0.2) is 0 Å². The SMILES string of the molecule is CCNC(=NCCNC(=O)c1cccc(Br)c1)NC1CC1C.I. The Kier molecular flexibility index (Phi) is 8.90. The molecule has 0 heterocycles. The van der Waals surface area contributed by atoms with Gasteiger partial charge in [-0.1, -0.05) is 28.9 Å². The fourth-order valence-corrected chi connectivity index (χ4v) is 2.49. The number of carbonyl (C=O) groups excluding carboxylic acids is 1. The number of guanidine groups is 1. The smallest absolute Gasteiger partial charge is 0.251 e. The van der Waals surface area contributed by atoms with E-state index < -0.39 is 0 Å². The van der Waals surface area contributed by atoms with Gasteiger partial charge in [0.1, 0.15) is 0 Å². The number of hydrogen-bond acceptors (Lipinski definition) is 2. The van der Waals surface area contributed by atoms with Crippen LogP contribution in [0.3, 0.4) is 0 Å². The molecule has 1 fully saturated rings. The van der Waals surface area contributed by atoms with Gasteiger partial charge < -0.3 is 16.0 Å². The Morgan fingerprint density at radius 3 is 2.74 bits per heavy atom. The summed E-state index contributed by atoms with van der Waals surface area (Å²) < 4.78 is 0.898. The van der Waals surface area contributed by atoms with Crippen LogP contribution in [-0.4, -0.2) is 37.5 Å². The minimum absolute atomic E-state index is 0. The molecule has 1 aliphatic rings. The molecule has 1 amide bonds. The highest BCUT2D eigenvalue weighted by molar-refractivity contribution is 14.0. The second-order valence-electron chi connectivity index (χ2n) is 5.49. The van der Waals surface area contributed by atoms with Crippen molar-refractivity contribution in [3.63, 3.8) is 0 Å². The van der Waals surface area contributed by atoms with Crippen molar-refractivity contribution in [2.24, 2.45) is 10.9 Å². The van der Waals surface area contributed by atoms with Crippen LogP contribution < -0.4 is 16.0 Å². The molecule has 0 aliphatic heterocycles. The average Bonchev–Trinajstić information content (AvgIpc) is 3.18. The van der Waals surface area contributed by atoms with E-state index in [1.807, 2.05) is 19.1 Å². The van der Waals surface area contributed by atoms with E-state index in [1.165, 1.54) is 6.42 Å². The summed E-state index contributed by atoms with van der Waals surface area (Å²) in [5.41, 5.74) is 0.648. The molecule has 1 aromatic carbocycles. The monoisotopic (exact) mass is 494 g/mol. The summed E-state index contributed by atoms with van der Waals surface area (Å²) in [5.74, 6) is 1.47. The van der Waals surface area contributed by atoms with Gasteiger partial charge in [0, 0.05) is 29.2 Å². The van der Waals surface area contributed by atoms with Crippen LogP contribution in [-0.2, 0) is 0 Å². The molecule has 1 aliphatic carbocycles. The Hall–Kier alpha value is -0.830. The molecule has 0 bridgehead atoms. The molecule has 1 saturated carbocycles. The van der Waals surface area contributed by atoms with Crippen LogP contribution in [0.25, 0.3) is 0 Å². The number of nitrogens with zero attached hydrogens (tertiary/aromatic N) is 1. The van der Waals surface area contributed by atoms with E-state index in [4.69, 9.17) is 0 Å². The number of benzene rings is 1. The van der Waals surface area contributed by atoms with E-state index in [-0.39, 0.29) is 29.9 Å². The molecule has 2 unspecified atom stereocenters. The number of hydrogen-bond donors (Lipinski definition) is 3. The van der Waals surface area contributed by atoms with E-state index >= 15 is 0 Å². The highest BCUT2D eigenvalue weighted by atomic mass is 127. The first kappa shape index (κ1) is 20.2. The summed E-state index contributed by atoms with van der Waals surface area (Å²) in [6.07, 6.45) is 1.20. The van der Waals surface area contributed by atoms with Gasteiger partial charge in [-0.05, 0) is 37.5 Å². The Morgan fingerprint density at radius 1 is 1.39 bits per heavy atom. The normalized spacial score (nSPS) is 19.5. The first-order valence-corrected chi connectivity index (χ1v) is 8.48. The van der Waals surface area contributed by atoms with Gasteiger partial charge in [-0.15, -0.1) is 24.0 Å². The predicted molar refractivity (Wildman–Crippen MR) is 109 cm³/mol. The van der Waals surface area contributed by atoms with Gasteiger partial charge in [-0.3, -0.25) is 9.79 Å². The topological polar surface area (TPSA) is 65.5 Å². The van der Waals surface area contributed by atoms with Crippen LogP contribution in [0.1, 0.15) is 30.6 Å². The van der Waals surface area contributed by atoms with Crippen LogP contribution >= 0.6 is 39.9 Å². The van der Waals surface area contributed by atoms with E-state index in [0.29, 0.717) is 24.7 Å². The fourth-order valence-electron chi connectivity index (χ4n) is 2.09. The molecule has 5 nitrogen and oxygen atoms in total. The van der Waals surface area contributed by atoms with Gasteiger partial charge in [0.05, 0.1) is 6.54 Å². The zero-order valence-corrected chi connectivity index (χ0v) is 17.4. The van der Waals surface area contributed by atoms with Crippen LogP contribution in [0.4, 0.5) is 0 Å². The molecule has 0 radical (unpaired) electrons. The zero-order valence-electron chi connectivity index (χ0n) is 13.4. The van der Waals surface area contributed by atoms with Crippen molar-refractivity contribution < 1.29 is 4.79 Å². The van der Waals surface area contributed by atoms with Gasteiger partial charge in [-0.2, -0.15) is 0 Å². The van der Waals surface area contributed by atoms with Crippen LogP contribution in [0.2, 0.25) is 0 Å². The third-order valence-electron chi connectivity index (χ3n) is 3.53. The fraction of sp³-hybridized carbons (Fsp3) is 0.500. The number of nitrogens with one attached hydrogen (secondary N) is 3. The molecule has 0 spiro atoms. The number of carbonyl (C=O) groups is 1. The molecule has 2 rings (SSSR count). The molecule has 0 aromatic heterocycles. The van der Waals surface area contributed by atoms with Crippen LogP contribution in [0, 0.1) is 5.92 Å². The molecular weight excluding hydrogens is 471 g/mol. The van der Waals surface area contributed by atoms with Gasteiger partial charge >= 0.3 is 0 Å². The Morgan fingerprint density at radius 2 is 2.13 bits per heavy atom. The van der Waals surface area contributed by atoms with Crippen LogP contribution in [0.15, 0.2) is 33.7 Å². The summed E-state index contributed by atoms with van der Waals surface area (Å²) >= 11 is 3.36. The Bertz CT molecular complexity index is 553. The summed E-state index contributed by atoms with van der Waals surface area (Å²) in [4.78, 5) is 16.5. The average molecular weight is 495 g/mol. The van der Waals surface area contributed by atoms with Crippen molar-refractivity contribution in [1.29, 1.82) is 0 Å². The van der Waals surface area contributed by atoms with Crippen molar-refractivity contribution in [2.75, 3.05) is 19.6 Å². The lowest BCUT2D eigenvalue weighted by Crippen LogP contribution is -2.39. The standard InChI is InChI=1S/C16H23BrN4O.HI/c1-3-18-16(21-14-9-11(14)2)20-8-7-19-15(22)12-5-4-6-13(17)10-12;/h4-6,10-11,14H,3,7-9H2,1-2H3,(H,19,22)(H2,18,20,21);1H. The summed E-state index contributed by atoms with van der Waals surface area (Å²) in [7, 11) is 0. The summed E-state index contributed by atoms with van der Waals surface area (Å²) in [6, 6.07) is 7.88. The number of aliphatic imine (C=N–C) groups is 1. The van der Waals surface area contributed by atoms with E-state index in [2.05, 4.69) is 43.8 Å². The number of rotatable bonds is 6. The molecule has 3 N–H and O–H groups in total. The van der Waals surface area contributed by atoms with Crippen molar-refractivity contribution in [2.45, 2.75) is 26.3 Å². The molecular formula is C16H24BrIN4O. The third kappa shape index (κ3) is 7.07. The van der Waals surface area contributed by atoms with Crippen LogP contribution in [0.5, 0.6) is 0 Å². The third-order valence-corrected chi connectivity index (χ3v) is 4.02. The lowest BCUT2D eigenvalue weighted by atomic mass is 10.2. The van der Waals surface area contributed by atoms with Crippen molar-refractivity contribution in [3.8, 4) is 0 Å². The van der Waals surface area contributed by atoms with E-state index in [0.717, 1.165) is 22.9 Å². The Balaban J connectivity index is 0.00000264. The summed E-state index contributed by atoms with van der Waals surface area (Å²) in [6.45, 7) is 6.16. The lowest BCUT2D eigenvalue weighted by molar-refractivity contribution is 0.0954. The number of halogens is 2. The zero-order chi connectivity index (χ0) is 15.9.